The van der Waals surface area contributed by atoms with Gasteiger partial charge in [-0.2, -0.15) is 0 Å². The van der Waals surface area contributed by atoms with Gasteiger partial charge in [-0.3, -0.25) is 0 Å². The molecule has 21 heavy (non-hydrogen) atoms. The fourth-order valence-corrected chi connectivity index (χ4v) is 1.51. The molecule has 1 amide bonds. The third kappa shape index (κ3) is 7.11. The Kier molecular flexibility index (Phi) is 6.65. The summed E-state index contributed by atoms with van der Waals surface area (Å²) in [7, 11) is 0. The Morgan fingerprint density at radius 1 is 1.38 bits per heavy atom. The normalized spacial score (nSPS) is 12.4. The van der Waals surface area contributed by atoms with E-state index in [0.717, 1.165) is 6.07 Å². The van der Waals surface area contributed by atoms with E-state index in [1.54, 1.807) is 6.92 Å². The van der Waals surface area contributed by atoms with Crippen LogP contribution in [0.2, 0.25) is 0 Å². The third-order valence-electron chi connectivity index (χ3n) is 2.41. The predicted molar refractivity (Wildman–Crippen MR) is 70.9 cm³/mol. The van der Waals surface area contributed by atoms with Gasteiger partial charge in [-0.1, -0.05) is 13.0 Å². The molecule has 0 fully saturated rings. The summed E-state index contributed by atoms with van der Waals surface area (Å²) >= 11 is 0.467. The molecule has 0 saturated heterocycles. The van der Waals surface area contributed by atoms with E-state index in [1.165, 1.54) is 18.2 Å². The van der Waals surface area contributed by atoms with E-state index in [4.69, 9.17) is 9.47 Å². The first-order valence-electron chi connectivity index (χ1n) is 6.21. The van der Waals surface area contributed by atoms with Crippen LogP contribution in [0.3, 0.4) is 0 Å². The molecule has 1 aromatic carbocycles. The van der Waals surface area contributed by atoms with Crippen LogP contribution in [-0.4, -0.2) is 41.7 Å². The molecule has 116 valence electrons. The lowest BCUT2D eigenvalue weighted by Gasteiger charge is -2.17. The van der Waals surface area contributed by atoms with Crippen molar-refractivity contribution in [1.29, 1.82) is 0 Å². The number of halogens is 3. The van der Waals surface area contributed by atoms with Gasteiger partial charge in [0.25, 0.3) is 0 Å². The average molecular weight is 321 g/mol. The number of benzene rings is 1. The van der Waals surface area contributed by atoms with Gasteiger partial charge in [0.05, 0.1) is 0 Å². The Balaban J connectivity index is 2.58. The highest BCUT2D eigenvalue weighted by molar-refractivity contribution is 6.12. The van der Waals surface area contributed by atoms with Gasteiger partial charge in [-0.15, -0.1) is 13.2 Å². The first-order chi connectivity index (χ1) is 9.84. The number of ether oxygens (including phenoxy) is 3. The second-order valence-electron chi connectivity index (χ2n) is 4.02. The first kappa shape index (κ1) is 17.5. The lowest BCUT2D eigenvalue weighted by atomic mass is 10.3. The van der Waals surface area contributed by atoms with Crippen molar-refractivity contribution in [2.24, 2.45) is 0 Å². The molecule has 0 saturated carbocycles. The molecule has 9 heteroatoms. The van der Waals surface area contributed by atoms with Crippen LogP contribution in [0.4, 0.5) is 18.0 Å². The summed E-state index contributed by atoms with van der Waals surface area (Å²) in [6.45, 7) is 1.85. The van der Waals surface area contributed by atoms with E-state index in [1.807, 2.05) is 0 Å². The highest BCUT2D eigenvalue weighted by Crippen LogP contribution is 2.26. The van der Waals surface area contributed by atoms with Crippen molar-refractivity contribution < 1.29 is 32.2 Å². The molecular weight excluding hydrogens is 306 g/mol. The molecule has 0 aliphatic heterocycles. The van der Waals surface area contributed by atoms with Crippen LogP contribution in [0.25, 0.3) is 0 Å². The Morgan fingerprint density at radius 3 is 2.62 bits per heavy atom. The molecule has 0 aromatic heterocycles. The van der Waals surface area contributed by atoms with Crippen LogP contribution in [0.15, 0.2) is 24.3 Å². The molecule has 1 rings (SSSR count). The molecule has 1 unspecified atom stereocenters. The number of nitrogens with one attached hydrogen (secondary N) is 1. The van der Waals surface area contributed by atoms with E-state index in [2.05, 4.69) is 9.04 Å². The zero-order valence-corrected chi connectivity index (χ0v) is 13.6. The number of hydrogen-bond acceptors (Lipinski definition) is 4. The highest BCUT2D eigenvalue weighted by atomic mass is 27.1. The Labute approximate surface area is 128 Å². The molecule has 0 bridgehead atoms. The Morgan fingerprint density at radius 2 is 2.05 bits per heavy atom. The van der Waals surface area contributed by atoms with Crippen LogP contribution in [0.5, 0.6) is 11.5 Å². The average Bonchev–Trinajstić information content (AvgIpc) is 2.41. The zero-order chi connectivity index (χ0) is 15.9. The van der Waals surface area contributed by atoms with Crippen molar-refractivity contribution in [3.63, 3.8) is 0 Å². The second-order valence-corrected chi connectivity index (χ2v) is 4.52. The maximum Gasteiger partial charge on any atom is 0.573 e. The minimum atomic E-state index is -4.75. The summed E-state index contributed by atoms with van der Waals surface area (Å²) in [6, 6.07) is 5.15. The fraction of sp³-hybridized carbons (Fsp3) is 0.417. The summed E-state index contributed by atoms with van der Waals surface area (Å²) in [5.74, 6) is -0.170. The van der Waals surface area contributed by atoms with E-state index >= 15 is 0 Å². The minimum Gasteiger partial charge on any atom is -0.490 e. The van der Waals surface area contributed by atoms with Gasteiger partial charge < -0.3 is 18.5 Å². The van der Waals surface area contributed by atoms with Crippen molar-refractivity contribution in [2.45, 2.75) is 25.8 Å². The molecule has 1 aromatic rings. The molecule has 0 aliphatic rings. The van der Waals surface area contributed by atoms with Gasteiger partial charge in [0.15, 0.2) is 0 Å². The maximum atomic E-state index is 12.1. The van der Waals surface area contributed by atoms with Gasteiger partial charge in [-0.25, -0.2) is 4.79 Å². The number of carbonyl (C=O) groups excluding carboxylic acids is 1. The van der Waals surface area contributed by atoms with Gasteiger partial charge >= 0.3 is 29.0 Å². The van der Waals surface area contributed by atoms with Crippen molar-refractivity contribution in [3.05, 3.63) is 24.3 Å². The summed E-state index contributed by atoms with van der Waals surface area (Å²) in [4.78, 5) is 11.1. The molecule has 1 N–H and O–H groups in total. The summed E-state index contributed by atoms with van der Waals surface area (Å²) in [5.41, 5.74) is 0. The van der Waals surface area contributed by atoms with E-state index in [0.29, 0.717) is 22.9 Å². The van der Waals surface area contributed by atoms with Crippen LogP contribution in [0, 0.1) is 0 Å². The zero-order valence-electron chi connectivity index (χ0n) is 11.6. The predicted octanol–water partition coefficient (Wildman–Crippen LogP) is 2.02. The van der Waals surface area contributed by atoms with Crippen molar-refractivity contribution in [3.8, 4) is 11.5 Å². The molecule has 0 spiro atoms. The SMILES string of the molecule is CCC(COc1cccc(OC(F)(F)F)c1)OC(=O)[NH][AlH2]. The van der Waals surface area contributed by atoms with Crippen molar-refractivity contribution in [1.82, 2.24) is 4.30 Å². The second kappa shape index (κ2) is 8.00. The highest BCUT2D eigenvalue weighted by Gasteiger charge is 2.31. The molecule has 0 radical (unpaired) electrons. The topological polar surface area (TPSA) is 56.8 Å². The van der Waals surface area contributed by atoms with Crippen LogP contribution in [-0.2, 0) is 4.74 Å². The maximum absolute atomic E-state index is 12.1. The van der Waals surface area contributed by atoms with Gasteiger partial charge in [-0.05, 0) is 18.6 Å². The molecule has 5 nitrogen and oxygen atoms in total. The number of carbonyl (C=O) groups is 1. The molecular formula is C12H15AlF3NO4. The van der Waals surface area contributed by atoms with Crippen LogP contribution < -0.4 is 13.8 Å². The number of alkyl halides is 3. The largest absolute Gasteiger partial charge is 0.573 e. The fourth-order valence-electron chi connectivity index (χ4n) is 1.40. The number of amides is 1. The Hall–Kier alpha value is -1.59. The monoisotopic (exact) mass is 321 g/mol. The number of rotatable bonds is 6. The van der Waals surface area contributed by atoms with Gasteiger partial charge in [0.2, 0.25) is 0 Å². The van der Waals surface area contributed by atoms with E-state index in [-0.39, 0.29) is 18.1 Å². The van der Waals surface area contributed by atoms with Crippen LogP contribution in [0.1, 0.15) is 13.3 Å². The lowest BCUT2D eigenvalue weighted by Crippen LogP contribution is -2.30. The number of hydrogen-bond donors (Lipinski definition) is 1. The van der Waals surface area contributed by atoms with Crippen LogP contribution >= 0.6 is 0 Å². The van der Waals surface area contributed by atoms with Gasteiger partial charge in [0.1, 0.15) is 24.2 Å². The third-order valence-corrected chi connectivity index (χ3v) is 2.82. The van der Waals surface area contributed by atoms with E-state index in [9.17, 15) is 18.0 Å². The van der Waals surface area contributed by atoms with Gasteiger partial charge in [0, 0.05) is 6.07 Å². The molecule has 0 heterocycles. The summed E-state index contributed by atoms with van der Waals surface area (Å²) in [5, 5.41) is 0. The minimum absolute atomic E-state index is 0.0426. The Bertz CT molecular complexity index is 470. The quantitative estimate of drug-likeness (QED) is 0.815. The molecule has 0 aliphatic carbocycles. The van der Waals surface area contributed by atoms with Crippen molar-refractivity contribution >= 4 is 22.6 Å². The summed E-state index contributed by atoms with van der Waals surface area (Å²) in [6.07, 6.45) is -5.25. The standard InChI is InChI=1S/C12H14F3NO4.Al.2H/c1-2-8(19-11(16)17)7-18-9-4-3-5-10(6-9)20-12(13,14)15;;;/h3-6,8H,2,7H2,1H3,(H2,16,17);;;/q;+1;;/p-1. The van der Waals surface area contributed by atoms with Crippen molar-refractivity contribution in [2.75, 3.05) is 6.61 Å². The smallest absolute Gasteiger partial charge is 0.490 e. The van der Waals surface area contributed by atoms with E-state index < -0.39 is 18.6 Å². The summed E-state index contributed by atoms with van der Waals surface area (Å²) < 4.78 is 52.9. The molecule has 1 atom stereocenters. The lowest BCUT2D eigenvalue weighted by molar-refractivity contribution is -0.274. The first-order valence-corrected chi connectivity index (χ1v) is 7.21.